The van der Waals surface area contributed by atoms with Gasteiger partial charge < -0.3 is 5.32 Å². The van der Waals surface area contributed by atoms with Crippen LogP contribution in [-0.4, -0.2) is 17.3 Å². The monoisotopic (exact) mass is 339 g/mol. The lowest BCUT2D eigenvalue weighted by Gasteiger charge is -2.53. The zero-order valence-corrected chi connectivity index (χ0v) is 13.8. The van der Waals surface area contributed by atoms with Gasteiger partial charge in [0.25, 0.3) is 0 Å². The molecule has 3 heteroatoms. The van der Waals surface area contributed by atoms with Crippen LogP contribution in [0.3, 0.4) is 0 Å². The minimum atomic E-state index is 0.361. The number of halogens is 1. The molecule has 2 nitrogen and oxygen atoms in total. The van der Waals surface area contributed by atoms with Gasteiger partial charge in [0.2, 0.25) is 5.91 Å². The van der Waals surface area contributed by atoms with E-state index in [0.29, 0.717) is 23.8 Å². The third kappa shape index (κ3) is 2.24. The minimum absolute atomic E-state index is 0.361. The van der Waals surface area contributed by atoms with Gasteiger partial charge in [-0.05, 0) is 74.5 Å². The molecular weight excluding hydrogens is 314 g/mol. The van der Waals surface area contributed by atoms with Crippen LogP contribution in [0.1, 0.15) is 51.4 Å². The van der Waals surface area contributed by atoms with Crippen molar-refractivity contribution in [2.24, 2.45) is 35.5 Å². The first-order valence-electron chi connectivity index (χ1n) is 8.61. The van der Waals surface area contributed by atoms with Gasteiger partial charge in [-0.25, -0.2) is 0 Å². The summed E-state index contributed by atoms with van der Waals surface area (Å²) in [7, 11) is 0. The van der Waals surface area contributed by atoms with Crippen LogP contribution in [0.5, 0.6) is 0 Å². The Morgan fingerprint density at radius 2 is 1.65 bits per heavy atom. The van der Waals surface area contributed by atoms with Crippen molar-refractivity contribution in [3.63, 3.8) is 0 Å². The number of nitrogens with one attached hydrogen (secondary N) is 1. The fraction of sp³-hybridized carbons (Fsp3) is 0.941. The molecule has 2 atom stereocenters. The van der Waals surface area contributed by atoms with Gasteiger partial charge in [-0.2, -0.15) is 0 Å². The third-order valence-corrected chi connectivity index (χ3v) is 7.55. The maximum absolute atomic E-state index is 12.8. The van der Waals surface area contributed by atoms with Crippen molar-refractivity contribution in [1.29, 1.82) is 0 Å². The molecule has 4 bridgehead atoms. The summed E-state index contributed by atoms with van der Waals surface area (Å²) in [5, 5.41) is 4.48. The number of carbonyl (C=O) groups is 1. The van der Waals surface area contributed by atoms with E-state index in [1.54, 1.807) is 0 Å². The summed E-state index contributed by atoms with van der Waals surface area (Å²) in [6.07, 6.45) is 10.6. The Kier molecular flexibility index (Phi) is 3.60. The molecule has 0 aromatic heterocycles. The quantitative estimate of drug-likeness (QED) is 0.779. The van der Waals surface area contributed by atoms with Gasteiger partial charge >= 0.3 is 0 Å². The Balaban J connectivity index is 1.43. The molecule has 0 aromatic carbocycles. The molecule has 0 radical (unpaired) electrons. The number of rotatable bonds is 3. The van der Waals surface area contributed by atoms with E-state index in [9.17, 15) is 4.79 Å². The van der Waals surface area contributed by atoms with Gasteiger partial charge in [-0.3, -0.25) is 4.79 Å². The summed E-state index contributed by atoms with van der Waals surface area (Å²) in [4.78, 5) is 12.8. The molecule has 5 fully saturated rings. The molecule has 1 N–H and O–H groups in total. The van der Waals surface area contributed by atoms with E-state index in [4.69, 9.17) is 0 Å². The van der Waals surface area contributed by atoms with E-state index in [1.807, 2.05) is 0 Å². The van der Waals surface area contributed by atoms with Crippen molar-refractivity contribution in [3.05, 3.63) is 0 Å². The molecule has 20 heavy (non-hydrogen) atoms. The fourth-order valence-electron chi connectivity index (χ4n) is 6.04. The predicted octanol–water partition coefficient (Wildman–Crippen LogP) is 3.74. The predicted molar refractivity (Wildman–Crippen MR) is 83.6 cm³/mol. The van der Waals surface area contributed by atoms with Gasteiger partial charge in [0.05, 0.1) is 0 Å². The van der Waals surface area contributed by atoms with Crippen LogP contribution in [0.25, 0.3) is 0 Å². The second kappa shape index (κ2) is 5.30. The molecule has 0 saturated heterocycles. The summed E-state index contributed by atoms with van der Waals surface area (Å²) < 4.78 is 0. The topological polar surface area (TPSA) is 29.1 Å². The van der Waals surface area contributed by atoms with Crippen molar-refractivity contribution in [1.82, 2.24) is 5.32 Å². The lowest BCUT2D eigenvalue weighted by molar-refractivity contribution is -0.139. The van der Waals surface area contributed by atoms with Crippen molar-refractivity contribution in [2.75, 3.05) is 5.33 Å². The highest BCUT2D eigenvalue weighted by Gasteiger charge is 2.51. The van der Waals surface area contributed by atoms with E-state index in [-0.39, 0.29) is 0 Å². The summed E-state index contributed by atoms with van der Waals surface area (Å²) in [6.45, 7) is 0. The summed E-state index contributed by atoms with van der Waals surface area (Å²) in [5.41, 5.74) is 0. The largest absolute Gasteiger partial charge is 0.353 e. The smallest absolute Gasteiger partial charge is 0.223 e. The Labute approximate surface area is 130 Å². The van der Waals surface area contributed by atoms with Crippen LogP contribution < -0.4 is 5.32 Å². The normalized spacial score (nSPS) is 49.5. The molecular formula is C17H26BrNO. The van der Waals surface area contributed by atoms with E-state index >= 15 is 0 Å². The molecule has 0 heterocycles. The van der Waals surface area contributed by atoms with Gasteiger partial charge in [0.1, 0.15) is 0 Å². The Hall–Kier alpha value is -0.0500. The highest BCUT2D eigenvalue weighted by molar-refractivity contribution is 9.09. The molecule has 1 amide bonds. The molecule has 112 valence electrons. The van der Waals surface area contributed by atoms with E-state index in [2.05, 4.69) is 21.2 Å². The van der Waals surface area contributed by atoms with Crippen molar-refractivity contribution in [2.45, 2.75) is 57.4 Å². The van der Waals surface area contributed by atoms with Crippen LogP contribution >= 0.6 is 15.9 Å². The van der Waals surface area contributed by atoms with Gasteiger partial charge in [-0.1, -0.05) is 22.4 Å². The molecule has 5 aliphatic carbocycles. The Morgan fingerprint density at radius 3 is 2.25 bits per heavy atom. The average Bonchev–Trinajstić information content (AvgIpc) is 2.84. The SMILES string of the molecule is O=C(NC1CCCC1CBr)C1C2CC3CC(C2)CC1C3. The first-order chi connectivity index (χ1) is 9.74. The van der Waals surface area contributed by atoms with Crippen molar-refractivity contribution >= 4 is 21.8 Å². The molecule has 2 unspecified atom stereocenters. The van der Waals surface area contributed by atoms with Crippen LogP contribution in [0.4, 0.5) is 0 Å². The van der Waals surface area contributed by atoms with Crippen molar-refractivity contribution in [3.8, 4) is 0 Å². The molecule has 5 saturated carbocycles. The number of hydrogen-bond acceptors (Lipinski definition) is 1. The van der Waals surface area contributed by atoms with Crippen LogP contribution in [0.15, 0.2) is 0 Å². The van der Waals surface area contributed by atoms with Crippen LogP contribution in [0.2, 0.25) is 0 Å². The van der Waals surface area contributed by atoms with E-state index in [1.165, 1.54) is 51.4 Å². The standard InChI is InChI=1S/C17H26BrNO/c18-9-12-2-1-3-15(12)19-17(20)16-13-5-10-4-11(7-13)8-14(16)6-10/h10-16H,1-9H2,(H,19,20). The van der Waals surface area contributed by atoms with Crippen LogP contribution in [0, 0.1) is 35.5 Å². The molecule has 5 aliphatic rings. The second-order valence-corrected chi connectivity index (χ2v) is 8.56. The summed E-state index contributed by atoms with van der Waals surface area (Å²) in [5.74, 6) is 4.79. The number of amides is 1. The molecule has 0 spiro atoms. The zero-order chi connectivity index (χ0) is 13.7. The fourth-order valence-corrected chi connectivity index (χ4v) is 6.82. The summed E-state index contributed by atoms with van der Waals surface area (Å²) in [6, 6.07) is 0.444. The van der Waals surface area contributed by atoms with Crippen molar-refractivity contribution < 1.29 is 4.79 Å². The highest BCUT2D eigenvalue weighted by Crippen LogP contribution is 2.56. The second-order valence-electron chi connectivity index (χ2n) is 7.92. The van der Waals surface area contributed by atoms with E-state index in [0.717, 1.165) is 29.0 Å². The summed E-state index contributed by atoms with van der Waals surface area (Å²) >= 11 is 3.61. The molecule has 0 aromatic rings. The maximum atomic E-state index is 12.8. The third-order valence-electron chi connectivity index (χ3n) is 6.71. The minimum Gasteiger partial charge on any atom is -0.353 e. The molecule has 5 rings (SSSR count). The van der Waals surface area contributed by atoms with Gasteiger partial charge in [-0.15, -0.1) is 0 Å². The number of alkyl halides is 1. The average molecular weight is 340 g/mol. The lowest BCUT2D eigenvalue weighted by Crippen LogP contribution is -2.53. The number of carbonyl (C=O) groups excluding carboxylic acids is 1. The first kappa shape index (κ1) is 13.6. The van der Waals surface area contributed by atoms with Gasteiger partial charge in [0, 0.05) is 17.3 Å². The highest BCUT2D eigenvalue weighted by atomic mass is 79.9. The lowest BCUT2D eigenvalue weighted by atomic mass is 9.51. The first-order valence-corrected chi connectivity index (χ1v) is 9.73. The number of hydrogen-bond donors (Lipinski definition) is 1. The Morgan fingerprint density at radius 1 is 1.00 bits per heavy atom. The van der Waals surface area contributed by atoms with Gasteiger partial charge in [0.15, 0.2) is 0 Å². The van der Waals surface area contributed by atoms with E-state index < -0.39 is 0 Å². The maximum Gasteiger partial charge on any atom is 0.223 e. The Bertz CT molecular complexity index is 368. The zero-order valence-electron chi connectivity index (χ0n) is 12.2. The van der Waals surface area contributed by atoms with Crippen LogP contribution in [-0.2, 0) is 4.79 Å². The molecule has 0 aliphatic heterocycles.